The van der Waals surface area contributed by atoms with Crippen molar-refractivity contribution in [3.8, 4) is 0 Å². The quantitative estimate of drug-likeness (QED) is 0.814. The van der Waals surface area contributed by atoms with E-state index in [1.165, 1.54) is 25.7 Å². The maximum Gasteiger partial charge on any atom is 0.419 e. The van der Waals surface area contributed by atoms with Crippen LogP contribution in [0.25, 0.3) is 11.1 Å². The van der Waals surface area contributed by atoms with Gasteiger partial charge in [0.2, 0.25) is 5.91 Å². The summed E-state index contributed by atoms with van der Waals surface area (Å²) in [5.74, 6) is -0.287. The van der Waals surface area contributed by atoms with Gasteiger partial charge in [-0.05, 0) is 25.0 Å². The number of rotatable bonds is 4. The number of hydrogen-bond acceptors (Lipinski definition) is 3. The van der Waals surface area contributed by atoms with Crippen LogP contribution in [0, 0.1) is 0 Å². The molecular formula is C18H24N2O3. The lowest BCUT2D eigenvalue weighted by Gasteiger charge is -2.27. The maximum atomic E-state index is 12.5. The Hall–Kier alpha value is -2.04. The van der Waals surface area contributed by atoms with Gasteiger partial charge in [-0.2, -0.15) is 0 Å². The molecule has 1 aromatic heterocycles. The fourth-order valence-corrected chi connectivity index (χ4v) is 3.46. The standard InChI is InChI=1S/C18H24N2O3/c1-19(14-8-4-2-3-5-9-14)17(21)12-13-20-15-10-6-7-11-16(15)23-18(20)22/h6-7,10-11,14H,2-5,8-9,12-13H2,1H3. The first-order valence-corrected chi connectivity index (χ1v) is 8.51. The van der Waals surface area contributed by atoms with E-state index in [1.54, 1.807) is 10.6 Å². The number of carbonyl (C=O) groups is 1. The van der Waals surface area contributed by atoms with Crippen molar-refractivity contribution in [3.63, 3.8) is 0 Å². The summed E-state index contributed by atoms with van der Waals surface area (Å²) in [6.07, 6.45) is 7.47. The maximum absolute atomic E-state index is 12.5. The summed E-state index contributed by atoms with van der Waals surface area (Å²) in [5, 5.41) is 0. The fraction of sp³-hybridized carbons (Fsp3) is 0.556. The van der Waals surface area contributed by atoms with Crippen LogP contribution in [0.5, 0.6) is 0 Å². The van der Waals surface area contributed by atoms with Crippen LogP contribution in [0.3, 0.4) is 0 Å². The molecule has 5 heteroatoms. The summed E-state index contributed by atoms with van der Waals surface area (Å²) in [5.41, 5.74) is 1.32. The van der Waals surface area contributed by atoms with Crippen molar-refractivity contribution in [2.45, 2.75) is 57.5 Å². The van der Waals surface area contributed by atoms with E-state index in [1.807, 2.05) is 30.1 Å². The van der Waals surface area contributed by atoms with Gasteiger partial charge in [-0.15, -0.1) is 0 Å². The molecule has 1 fully saturated rings. The van der Waals surface area contributed by atoms with Crippen LogP contribution in [0.15, 0.2) is 33.5 Å². The van der Waals surface area contributed by atoms with Crippen LogP contribution in [0.2, 0.25) is 0 Å². The molecule has 0 spiro atoms. The van der Waals surface area contributed by atoms with Gasteiger partial charge >= 0.3 is 5.76 Å². The molecule has 0 radical (unpaired) electrons. The van der Waals surface area contributed by atoms with Crippen molar-refractivity contribution in [1.82, 2.24) is 9.47 Å². The van der Waals surface area contributed by atoms with Gasteiger partial charge in [0, 0.05) is 26.1 Å². The second-order valence-corrected chi connectivity index (χ2v) is 6.39. The number of nitrogens with zero attached hydrogens (tertiary/aromatic N) is 2. The first-order chi connectivity index (χ1) is 11.2. The molecule has 1 heterocycles. The Kier molecular flexibility index (Phi) is 4.84. The number of carbonyl (C=O) groups excluding carboxylic acids is 1. The number of para-hydroxylation sites is 2. The Morgan fingerprint density at radius 2 is 1.91 bits per heavy atom. The number of aromatic nitrogens is 1. The second-order valence-electron chi connectivity index (χ2n) is 6.39. The Labute approximate surface area is 135 Å². The third-order valence-corrected chi connectivity index (χ3v) is 4.89. The summed E-state index contributed by atoms with van der Waals surface area (Å²) >= 11 is 0. The lowest BCUT2D eigenvalue weighted by molar-refractivity contribution is -0.132. The molecule has 0 unspecified atom stereocenters. The number of aryl methyl sites for hydroxylation is 1. The van der Waals surface area contributed by atoms with Gasteiger partial charge < -0.3 is 9.32 Å². The third kappa shape index (κ3) is 3.49. The highest BCUT2D eigenvalue weighted by Gasteiger charge is 2.21. The topological polar surface area (TPSA) is 55.5 Å². The van der Waals surface area contributed by atoms with Gasteiger partial charge in [-0.1, -0.05) is 37.8 Å². The summed E-state index contributed by atoms with van der Waals surface area (Å²) in [6, 6.07) is 7.67. The van der Waals surface area contributed by atoms with E-state index < -0.39 is 5.76 Å². The van der Waals surface area contributed by atoms with Crippen LogP contribution in [-0.2, 0) is 11.3 Å². The molecule has 5 nitrogen and oxygen atoms in total. The van der Waals surface area contributed by atoms with E-state index in [0.29, 0.717) is 24.6 Å². The van der Waals surface area contributed by atoms with Crippen molar-refractivity contribution in [3.05, 3.63) is 34.8 Å². The lowest BCUT2D eigenvalue weighted by atomic mass is 10.1. The number of benzene rings is 1. The summed E-state index contributed by atoms with van der Waals surface area (Å²) in [6.45, 7) is 0.367. The van der Waals surface area contributed by atoms with E-state index in [2.05, 4.69) is 0 Å². The summed E-state index contributed by atoms with van der Waals surface area (Å²) in [7, 11) is 1.90. The Bertz CT molecular complexity index is 723. The van der Waals surface area contributed by atoms with Crippen LogP contribution in [0.1, 0.15) is 44.9 Å². The smallest absolute Gasteiger partial charge is 0.408 e. The predicted molar refractivity (Wildman–Crippen MR) is 89.4 cm³/mol. The first-order valence-electron chi connectivity index (χ1n) is 8.51. The number of hydrogen-bond donors (Lipinski definition) is 0. The van der Waals surface area contributed by atoms with E-state index in [-0.39, 0.29) is 5.91 Å². The lowest BCUT2D eigenvalue weighted by Crippen LogP contribution is -2.37. The third-order valence-electron chi connectivity index (χ3n) is 4.89. The van der Waals surface area contributed by atoms with E-state index in [4.69, 9.17) is 4.42 Å². The Morgan fingerprint density at radius 1 is 1.22 bits per heavy atom. The predicted octanol–water partition coefficient (Wildman–Crippen LogP) is 3.17. The minimum absolute atomic E-state index is 0.106. The minimum atomic E-state index is -0.392. The zero-order valence-corrected chi connectivity index (χ0v) is 13.7. The second kappa shape index (κ2) is 7.02. The number of amides is 1. The van der Waals surface area contributed by atoms with Gasteiger partial charge in [0.1, 0.15) is 0 Å². The normalized spacial score (nSPS) is 16.4. The highest BCUT2D eigenvalue weighted by Crippen LogP contribution is 2.21. The highest BCUT2D eigenvalue weighted by atomic mass is 16.4. The average Bonchev–Trinajstić information content (AvgIpc) is 2.74. The molecule has 23 heavy (non-hydrogen) atoms. The van der Waals surface area contributed by atoms with Crippen LogP contribution < -0.4 is 5.76 Å². The molecule has 124 valence electrons. The SMILES string of the molecule is CN(C(=O)CCn1c(=O)oc2ccccc21)C1CCCCCC1. The van der Waals surface area contributed by atoms with E-state index in [0.717, 1.165) is 18.4 Å². The van der Waals surface area contributed by atoms with Crippen LogP contribution >= 0.6 is 0 Å². The molecule has 0 saturated heterocycles. The van der Waals surface area contributed by atoms with Gasteiger partial charge in [0.25, 0.3) is 0 Å². The average molecular weight is 316 g/mol. The van der Waals surface area contributed by atoms with Crippen molar-refractivity contribution in [2.24, 2.45) is 0 Å². The largest absolute Gasteiger partial charge is 0.419 e. The highest BCUT2D eigenvalue weighted by molar-refractivity contribution is 5.77. The molecule has 0 atom stereocenters. The zero-order valence-electron chi connectivity index (χ0n) is 13.7. The molecule has 1 amide bonds. The molecule has 0 aliphatic heterocycles. The van der Waals surface area contributed by atoms with Crippen LogP contribution in [0.4, 0.5) is 0 Å². The Balaban J connectivity index is 1.65. The van der Waals surface area contributed by atoms with Gasteiger partial charge in [-0.25, -0.2) is 4.79 Å². The zero-order chi connectivity index (χ0) is 16.2. The molecule has 0 N–H and O–H groups in total. The molecule has 3 rings (SSSR count). The number of fused-ring (bicyclic) bond motifs is 1. The fourth-order valence-electron chi connectivity index (χ4n) is 3.46. The molecule has 1 aliphatic rings. The Morgan fingerprint density at radius 3 is 2.65 bits per heavy atom. The molecule has 0 bridgehead atoms. The van der Waals surface area contributed by atoms with E-state index >= 15 is 0 Å². The van der Waals surface area contributed by atoms with E-state index in [9.17, 15) is 9.59 Å². The molecule has 1 aliphatic carbocycles. The number of oxazole rings is 1. The minimum Gasteiger partial charge on any atom is -0.408 e. The van der Waals surface area contributed by atoms with Crippen LogP contribution in [-0.4, -0.2) is 28.5 Å². The molecular weight excluding hydrogens is 292 g/mol. The van der Waals surface area contributed by atoms with Crippen molar-refractivity contribution >= 4 is 17.0 Å². The van der Waals surface area contributed by atoms with Crippen molar-refractivity contribution in [2.75, 3.05) is 7.05 Å². The van der Waals surface area contributed by atoms with Gasteiger partial charge in [0.15, 0.2) is 5.58 Å². The van der Waals surface area contributed by atoms with Gasteiger partial charge in [-0.3, -0.25) is 9.36 Å². The van der Waals surface area contributed by atoms with Crippen molar-refractivity contribution in [1.29, 1.82) is 0 Å². The molecule has 1 aromatic carbocycles. The van der Waals surface area contributed by atoms with Crippen molar-refractivity contribution < 1.29 is 9.21 Å². The summed E-state index contributed by atoms with van der Waals surface area (Å²) in [4.78, 5) is 26.3. The molecule has 2 aromatic rings. The van der Waals surface area contributed by atoms with Gasteiger partial charge in [0.05, 0.1) is 5.52 Å². The molecule has 1 saturated carbocycles. The monoisotopic (exact) mass is 316 g/mol. The summed E-state index contributed by atoms with van der Waals surface area (Å²) < 4.78 is 6.76. The first kappa shape index (κ1) is 15.8.